The number of carbonyl (C=O) groups is 1. The fraction of sp³-hybridized carbons (Fsp3) is 0.227. The van der Waals surface area contributed by atoms with Gasteiger partial charge in [0.05, 0.1) is 19.2 Å². The van der Waals surface area contributed by atoms with E-state index in [1.165, 1.54) is 7.11 Å². The normalized spacial score (nSPS) is 11.2. The highest BCUT2D eigenvalue weighted by atomic mass is 16.6. The lowest BCUT2D eigenvalue weighted by Crippen LogP contribution is -2.24. The summed E-state index contributed by atoms with van der Waals surface area (Å²) in [6.07, 6.45) is 3.55. The molecule has 8 nitrogen and oxygen atoms in total. The number of nitrogens with zero attached hydrogens (tertiary/aromatic N) is 2. The summed E-state index contributed by atoms with van der Waals surface area (Å²) in [5.41, 5.74) is 5.16. The molecule has 3 heterocycles. The Bertz CT molecular complexity index is 1310. The minimum atomic E-state index is -0.413. The predicted octanol–water partition coefficient (Wildman–Crippen LogP) is 3.25. The maximum Gasteiger partial charge on any atom is 0.274 e. The molecule has 0 saturated heterocycles. The van der Waals surface area contributed by atoms with Crippen molar-refractivity contribution in [3.05, 3.63) is 58.6 Å². The summed E-state index contributed by atoms with van der Waals surface area (Å²) in [4.78, 5) is 38.3. The molecule has 0 unspecified atom stereocenters. The number of hydrogen-bond donors (Lipinski definition) is 2. The summed E-state index contributed by atoms with van der Waals surface area (Å²) < 4.78 is 7.08. The van der Waals surface area contributed by atoms with Gasteiger partial charge in [0.15, 0.2) is 0 Å². The highest BCUT2D eigenvalue weighted by Gasteiger charge is 2.16. The second-order valence-corrected chi connectivity index (χ2v) is 6.72. The number of amides is 1. The number of aromatic amines is 1. The average molecular weight is 406 g/mol. The van der Waals surface area contributed by atoms with Crippen LogP contribution in [0.2, 0.25) is 0 Å². The fourth-order valence-electron chi connectivity index (χ4n) is 3.59. The van der Waals surface area contributed by atoms with Gasteiger partial charge < -0.3 is 14.3 Å². The van der Waals surface area contributed by atoms with Gasteiger partial charge in [-0.3, -0.25) is 14.4 Å². The van der Waals surface area contributed by atoms with E-state index in [-0.39, 0.29) is 5.56 Å². The lowest BCUT2D eigenvalue weighted by molar-refractivity contribution is 0.0364. The molecule has 154 valence electrons. The Kier molecular flexibility index (Phi) is 5.24. The zero-order valence-corrected chi connectivity index (χ0v) is 17.0. The van der Waals surface area contributed by atoms with Crippen LogP contribution in [-0.2, 0) is 11.4 Å². The number of methoxy groups -OCH3 is 1. The van der Waals surface area contributed by atoms with Gasteiger partial charge in [-0.2, -0.15) is 0 Å². The number of aromatic nitrogens is 3. The van der Waals surface area contributed by atoms with Crippen LogP contribution in [0.4, 0.5) is 0 Å². The van der Waals surface area contributed by atoms with E-state index >= 15 is 0 Å². The lowest BCUT2D eigenvalue weighted by Gasteiger charge is -2.14. The molecule has 0 aliphatic heterocycles. The maximum absolute atomic E-state index is 13.4. The minimum Gasteiger partial charge on any atom is -0.497 e. The molecule has 0 radical (unpaired) electrons. The molecule has 1 aromatic carbocycles. The first-order valence-electron chi connectivity index (χ1n) is 9.68. The molecule has 0 saturated carbocycles. The van der Waals surface area contributed by atoms with Crippen molar-refractivity contribution in [3.8, 4) is 16.9 Å². The van der Waals surface area contributed by atoms with Crippen molar-refractivity contribution in [2.45, 2.75) is 20.4 Å². The van der Waals surface area contributed by atoms with Gasteiger partial charge in [0, 0.05) is 40.8 Å². The summed E-state index contributed by atoms with van der Waals surface area (Å²) in [5.74, 6) is 0.0557. The summed E-state index contributed by atoms with van der Waals surface area (Å²) in [7, 11) is 1.51. The first-order valence-corrected chi connectivity index (χ1v) is 9.68. The molecule has 0 fully saturated rings. The van der Waals surface area contributed by atoms with Crippen LogP contribution in [0.3, 0.4) is 0 Å². The van der Waals surface area contributed by atoms with E-state index in [0.29, 0.717) is 35.6 Å². The van der Waals surface area contributed by atoms with E-state index in [9.17, 15) is 9.59 Å². The predicted molar refractivity (Wildman–Crippen MR) is 115 cm³/mol. The molecular weight excluding hydrogens is 384 g/mol. The van der Waals surface area contributed by atoms with Gasteiger partial charge in [0.2, 0.25) is 0 Å². The standard InChI is InChI=1S/C22H22N4O4/c1-4-26-19-15(12-24-20-17(19)6-7-23-20)11-18(22(26)28)13-8-14(10-16(9-13)29-3)21(27)25-30-5-2/h6-12H,4-5H2,1-3H3,(H,23,24)(H,25,27). The quantitative estimate of drug-likeness (QED) is 0.479. The Labute approximate surface area is 172 Å². The van der Waals surface area contributed by atoms with Crippen LogP contribution in [0.25, 0.3) is 33.1 Å². The molecule has 0 aliphatic rings. The molecule has 4 rings (SSSR count). The number of pyridine rings is 2. The molecule has 0 spiro atoms. The summed E-state index contributed by atoms with van der Waals surface area (Å²) >= 11 is 0. The number of hydrogen-bond acceptors (Lipinski definition) is 5. The first kappa shape index (κ1) is 19.7. The van der Waals surface area contributed by atoms with Gasteiger partial charge in [0.25, 0.3) is 11.5 Å². The van der Waals surface area contributed by atoms with Gasteiger partial charge in [-0.05, 0) is 49.7 Å². The van der Waals surface area contributed by atoms with E-state index in [0.717, 1.165) is 21.9 Å². The molecule has 0 atom stereocenters. The summed E-state index contributed by atoms with van der Waals surface area (Å²) in [5, 5.41) is 1.72. The Balaban J connectivity index is 1.95. The van der Waals surface area contributed by atoms with Crippen LogP contribution in [0, 0.1) is 0 Å². The molecule has 3 aromatic heterocycles. The summed E-state index contributed by atoms with van der Waals surface area (Å²) in [6, 6.07) is 8.71. The van der Waals surface area contributed by atoms with Crippen LogP contribution >= 0.6 is 0 Å². The van der Waals surface area contributed by atoms with Crippen molar-refractivity contribution in [2.75, 3.05) is 13.7 Å². The van der Waals surface area contributed by atoms with Crippen LogP contribution in [0.1, 0.15) is 24.2 Å². The number of hydroxylamine groups is 1. The highest BCUT2D eigenvalue weighted by molar-refractivity contribution is 6.03. The van der Waals surface area contributed by atoms with E-state index in [1.807, 2.05) is 19.1 Å². The molecular formula is C22H22N4O4. The third kappa shape index (κ3) is 3.31. The van der Waals surface area contributed by atoms with E-state index in [2.05, 4.69) is 15.4 Å². The Morgan fingerprint density at radius 1 is 1.23 bits per heavy atom. The zero-order valence-electron chi connectivity index (χ0n) is 17.0. The number of carbonyl (C=O) groups excluding carboxylic acids is 1. The van der Waals surface area contributed by atoms with E-state index in [4.69, 9.17) is 9.57 Å². The van der Waals surface area contributed by atoms with Crippen molar-refractivity contribution in [1.82, 2.24) is 20.0 Å². The van der Waals surface area contributed by atoms with Crippen LogP contribution in [0.15, 0.2) is 47.5 Å². The Morgan fingerprint density at radius 2 is 2.07 bits per heavy atom. The van der Waals surface area contributed by atoms with Gasteiger partial charge >= 0.3 is 0 Å². The highest BCUT2D eigenvalue weighted by Crippen LogP contribution is 2.28. The van der Waals surface area contributed by atoms with Crippen molar-refractivity contribution >= 4 is 27.8 Å². The third-order valence-electron chi connectivity index (χ3n) is 4.97. The number of rotatable bonds is 6. The number of fused-ring (bicyclic) bond motifs is 3. The van der Waals surface area contributed by atoms with E-state index < -0.39 is 5.91 Å². The number of nitrogens with one attached hydrogen (secondary N) is 2. The minimum absolute atomic E-state index is 0.150. The molecule has 2 N–H and O–H groups in total. The van der Waals surface area contributed by atoms with E-state index in [1.54, 1.807) is 42.1 Å². The summed E-state index contributed by atoms with van der Waals surface area (Å²) in [6.45, 7) is 4.54. The Morgan fingerprint density at radius 3 is 2.80 bits per heavy atom. The third-order valence-corrected chi connectivity index (χ3v) is 4.97. The first-order chi connectivity index (χ1) is 14.6. The molecule has 0 aliphatic carbocycles. The maximum atomic E-state index is 13.4. The number of H-pyrrole nitrogens is 1. The largest absolute Gasteiger partial charge is 0.497 e. The fourth-order valence-corrected chi connectivity index (χ4v) is 3.59. The molecule has 1 amide bonds. The number of aryl methyl sites for hydroxylation is 1. The second-order valence-electron chi connectivity index (χ2n) is 6.72. The lowest BCUT2D eigenvalue weighted by atomic mass is 10.0. The van der Waals surface area contributed by atoms with Crippen molar-refractivity contribution < 1.29 is 14.4 Å². The second kappa shape index (κ2) is 8.00. The SMILES string of the molecule is CCONC(=O)c1cc(OC)cc(-c2cc3cnc4[nH]ccc4c3n(CC)c2=O)c1. The molecule has 30 heavy (non-hydrogen) atoms. The molecule has 8 heteroatoms. The number of ether oxygens (including phenoxy) is 1. The van der Waals surface area contributed by atoms with Crippen molar-refractivity contribution in [3.63, 3.8) is 0 Å². The zero-order chi connectivity index (χ0) is 21.3. The number of benzene rings is 1. The van der Waals surface area contributed by atoms with Gasteiger partial charge in [0.1, 0.15) is 11.4 Å². The average Bonchev–Trinajstić information content (AvgIpc) is 3.25. The van der Waals surface area contributed by atoms with Crippen molar-refractivity contribution in [1.29, 1.82) is 0 Å². The van der Waals surface area contributed by atoms with Gasteiger partial charge in [-0.15, -0.1) is 0 Å². The van der Waals surface area contributed by atoms with Gasteiger partial charge in [-0.25, -0.2) is 10.5 Å². The van der Waals surface area contributed by atoms with Crippen LogP contribution < -0.4 is 15.8 Å². The monoisotopic (exact) mass is 406 g/mol. The van der Waals surface area contributed by atoms with Crippen LogP contribution in [0.5, 0.6) is 5.75 Å². The topological polar surface area (TPSA) is 98.2 Å². The smallest absolute Gasteiger partial charge is 0.274 e. The van der Waals surface area contributed by atoms with Gasteiger partial charge in [-0.1, -0.05) is 0 Å². The Hall–Kier alpha value is -3.65. The molecule has 0 bridgehead atoms. The molecule has 4 aromatic rings. The van der Waals surface area contributed by atoms with Crippen molar-refractivity contribution in [2.24, 2.45) is 0 Å². The van der Waals surface area contributed by atoms with Crippen LogP contribution in [-0.4, -0.2) is 34.2 Å².